The van der Waals surface area contributed by atoms with E-state index in [9.17, 15) is 4.79 Å². The number of nitrogens with zero attached hydrogens (tertiary/aromatic N) is 6. The van der Waals surface area contributed by atoms with E-state index >= 15 is 0 Å². The molecule has 2 saturated heterocycles. The summed E-state index contributed by atoms with van der Waals surface area (Å²) in [5.74, 6) is 0.965. The molecule has 1 amide bonds. The Kier molecular flexibility index (Phi) is 6.99. The summed E-state index contributed by atoms with van der Waals surface area (Å²) in [6, 6.07) is 0. The number of rotatable bonds is 2. The van der Waals surface area contributed by atoms with E-state index < -0.39 is 0 Å². The average Bonchev–Trinajstić information content (AvgIpc) is 3.03. The molecule has 1 unspecified atom stereocenters. The topological polar surface area (TPSA) is 88.4 Å². The third kappa shape index (κ3) is 3.85. The molecule has 2 aromatic rings. The lowest BCUT2D eigenvalue weighted by molar-refractivity contribution is -0.145. The summed E-state index contributed by atoms with van der Waals surface area (Å²) in [7, 11) is 1.87. The fourth-order valence-corrected chi connectivity index (χ4v) is 3.27. The van der Waals surface area contributed by atoms with E-state index in [1.807, 2.05) is 11.9 Å². The molecular weight excluding hydrogens is 381 g/mol. The molecule has 0 saturated carbocycles. The minimum Gasteiger partial charge on any atom is -0.366 e. The second kappa shape index (κ2) is 8.81. The van der Waals surface area contributed by atoms with E-state index in [0.29, 0.717) is 26.2 Å². The minimum absolute atomic E-state index is 0. The van der Waals surface area contributed by atoms with Crippen molar-refractivity contribution in [2.24, 2.45) is 7.05 Å². The summed E-state index contributed by atoms with van der Waals surface area (Å²) >= 11 is 0. The van der Waals surface area contributed by atoms with E-state index in [2.05, 4.69) is 25.3 Å². The standard InChI is InChI=1S/C15H21N7O2.2ClH/c1-20-13-11(8-19-20)14(18-10-17-13)21-3-5-22(6-4-21)15(23)12-9-16-2-7-24-12;;/h8,10,12,16H,2-7,9H2,1H3;2*1H. The van der Waals surface area contributed by atoms with Crippen molar-refractivity contribution < 1.29 is 9.53 Å². The number of hydrogen-bond donors (Lipinski definition) is 1. The lowest BCUT2D eigenvalue weighted by atomic mass is 10.2. The van der Waals surface area contributed by atoms with Crippen molar-refractivity contribution in [3.05, 3.63) is 12.5 Å². The van der Waals surface area contributed by atoms with Crippen LogP contribution in [0.15, 0.2) is 12.5 Å². The molecule has 2 aliphatic heterocycles. The van der Waals surface area contributed by atoms with Gasteiger partial charge in [-0.3, -0.25) is 9.48 Å². The van der Waals surface area contributed by atoms with Crippen LogP contribution in [0.4, 0.5) is 5.82 Å². The molecule has 9 nitrogen and oxygen atoms in total. The highest BCUT2D eigenvalue weighted by atomic mass is 35.5. The number of morpholine rings is 1. The smallest absolute Gasteiger partial charge is 0.253 e. The molecular formula is C15H23Cl2N7O2. The Morgan fingerprint density at radius 1 is 1.23 bits per heavy atom. The number of piperazine rings is 1. The molecule has 0 aliphatic carbocycles. The molecule has 0 aromatic carbocycles. The summed E-state index contributed by atoms with van der Waals surface area (Å²) in [6.07, 6.45) is 3.01. The molecule has 1 atom stereocenters. The van der Waals surface area contributed by atoms with Crippen LogP contribution in [0.3, 0.4) is 0 Å². The number of nitrogens with one attached hydrogen (secondary N) is 1. The number of hydrogen-bond acceptors (Lipinski definition) is 7. The maximum Gasteiger partial charge on any atom is 0.253 e. The summed E-state index contributed by atoms with van der Waals surface area (Å²) in [5, 5.41) is 8.40. The Morgan fingerprint density at radius 2 is 2.00 bits per heavy atom. The first-order valence-electron chi connectivity index (χ1n) is 8.23. The van der Waals surface area contributed by atoms with Gasteiger partial charge in [0, 0.05) is 46.3 Å². The van der Waals surface area contributed by atoms with Crippen molar-refractivity contribution in [1.82, 2.24) is 30.0 Å². The van der Waals surface area contributed by atoms with Crippen molar-refractivity contribution in [3.63, 3.8) is 0 Å². The summed E-state index contributed by atoms with van der Waals surface area (Å²) in [6.45, 7) is 4.83. The van der Waals surface area contributed by atoms with Crippen LogP contribution in [-0.4, -0.2) is 82.5 Å². The summed E-state index contributed by atoms with van der Waals surface area (Å²) in [4.78, 5) is 25.3. The molecule has 0 radical (unpaired) electrons. The number of carbonyl (C=O) groups is 1. The fraction of sp³-hybridized carbons (Fsp3) is 0.600. The van der Waals surface area contributed by atoms with Gasteiger partial charge in [-0.2, -0.15) is 5.10 Å². The molecule has 1 N–H and O–H groups in total. The highest BCUT2D eigenvalue weighted by Gasteiger charge is 2.30. The van der Waals surface area contributed by atoms with Gasteiger partial charge in [0.25, 0.3) is 5.91 Å². The monoisotopic (exact) mass is 403 g/mol. The second-order valence-electron chi connectivity index (χ2n) is 6.08. The molecule has 2 fully saturated rings. The molecule has 4 rings (SSSR count). The van der Waals surface area contributed by atoms with Gasteiger partial charge >= 0.3 is 0 Å². The molecule has 0 bridgehead atoms. The SMILES string of the molecule is Cl.Cl.Cn1ncc2c(N3CCN(C(=O)C4CNCCO4)CC3)ncnc21. The maximum absolute atomic E-state index is 12.5. The van der Waals surface area contributed by atoms with Gasteiger partial charge in [-0.15, -0.1) is 24.8 Å². The first-order valence-corrected chi connectivity index (χ1v) is 8.23. The van der Waals surface area contributed by atoms with Crippen LogP contribution >= 0.6 is 24.8 Å². The molecule has 144 valence electrons. The number of halogens is 2. The van der Waals surface area contributed by atoms with Gasteiger partial charge in [0.1, 0.15) is 18.2 Å². The van der Waals surface area contributed by atoms with Gasteiger partial charge in [0.15, 0.2) is 5.65 Å². The minimum atomic E-state index is -0.352. The van der Waals surface area contributed by atoms with E-state index in [1.54, 1.807) is 17.2 Å². The van der Waals surface area contributed by atoms with Crippen molar-refractivity contribution >= 4 is 47.6 Å². The Bertz CT molecular complexity index is 743. The lowest BCUT2D eigenvalue weighted by Crippen LogP contribution is -2.55. The normalized spacial score (nSPS) is 20.4. The lowest BCUT2D eigenvalue weighted by Gasteiger charge is -2.37. The van der Waals surface area contributed by atoms with E-state index in [4.69, 9.17) is 4.74 Å². The largest absolute Gasteiger partial charge is 0.366 e. The van der Waals surface area contributed by atoms with Crippen LogP contribution in [0.5, 0.6) is 0 Å². The zero-order valence-electron chi connectivity index (χ0n) is 14.5. The number of anilines is 1. The van der Waals surface area contributed by atoms with E-state index in [0.717, 1.165) is 36.5 Å². The van der Waals surface area contributed by atoms with Gasteiger partial charge in [-0.05, 0) is 0 Å². The van der Waals surface area contributed by atoms with Crippen LogP contribution in [0.1, 0.15) is 0 Å². The third-order valence-electron chi connectivity index (χ3n) is 4.60. The average molecular weight is 404 g/mol. The summed E-state index contributed by atoms with van der Waals surface area (Å²) < 4.78 is 7.31. The number of amides is 1. The molecule has 0 spiro atoms. The molecule has 2 aliphatic rings. The first kappa shape index (κ1) is 20.6. The van der Waals surface area contributed by atoms with E-state index in [1.165, 1.54) is 0 Å². The number of fused-ring (bicyclic) bond motifs is 1. The third-order valence-corrected chi connectivity index (χ3v) is 4.60. The quantitative estimate of drug-likeness (QED) is 0.745. The Balaban J connectivity index is 0.00000121. The predicted octanol–water partition coefficient (Wildman–Crippen LogP) is -0.156. The molecule has 26 heavy (non-hydrogen) atoms. The van der Waals surface area contributed by atoms with Gasteiger partial charge < -0.3 is 19.9 Å². The number of aryl methyl sites for hydroxylation is 1. The zero-order valence-corrected chi connectivity index (χ0v) is 16.1. The van der Waals surface area contributed by atoms with Crippen LogP contribution in [0.25, 0.3) is 11.0 Å². The highest BCUT2D eigenvalue weighted by Crippen LogP contribution is 2.23. The zero-order chi connectivity index (χ0) is 16.5. The van der Waals surface area contributed by atoms with Crippen molar-refractivity contribution in [2.75, 3.05) is 50.8 Å². The van der Waals surface area contributed by atoms with Crippen LogP contribution in [0, 0.1) is 0 Å². The van der Waals surface area contributed by atoms with Gasteiger partial charge in [-0.1, -0.05) is 0 Å². The van der Waals surface area contributed by atoms with Gasteiger partial charge in [0.2, 0.25) is 0 Å². The highest BCUT2D eigenvalue weighted by molar-refractivity contribution is 5.87. The molecule has 11 heteroatoms. The Labute approximate surface area is 163 Å². The number of ether oxygens (including phenoxy) is 1. The van der Waals surface area contributed by atoms with Crippen molar-refractivity contribution in [1.29, 1.82) is 0 Å². The Hall–Kier alpha value is -1.68. The fourth-order valence-electron chi connectivity index (χ4n) is 3.27. The maximum atomic E-state index is 12.5. The van der Waals surface area contributed by atoms with Crippen molar-refractivity contribution in [2.45, 2.75) is 6.10 Å². The van der Waals surface area contributed by atoms with E-state index in [-0.39, 0.29) is 36.8 Å². The number of carbonyl (C=O) groups excluding carboxylic acids is 1. The van der Waals surface area contributed by atoms with Crippen LogP contribution < -0.4 is 10.2 Å². The van der Waals surface area contributed by atoms with Crippen LogP contribution in [-0.2, 0) is 16.6 Å². The summed E-state index contributed by atoms with van der Waals surface area (Å²) in [5.41, 5.74) is 0.820. The first-order chi connectivity index (χ1) is 11.7. The molecule has 2 aromatic heterocycles. The van der Waals surface area contributed by atoms with Crippen molar-refractivity contribution in [3.8, 4) is 0 Å². The second-order valence-corrected chi connectivity index (χ2v) is 6.08. The predicted molar refractivity (Wildman–Crippen MR) is 102 cm³/mol. The van der Waals surface area contributed by atoms with Gasteiger partial charge in [-0.25, -0.2) is 9.97 Å². The Morgan fingerprint density at radius 3 is 2.69 bits per heavy atom. The van der Waals surface area contributed by atoms with Gasteiger partial charge in [0.05, 0.1) is 18.2 Å². The number of aromatic nitrogens is 4. The molecule has 4 heterocycles. The van der Waals surface area contributed by atoms with Crippen LogP contribution in [0.2, 0.25) is 0 Å².